The first kappa shape index (κ1) is 28.6. The Bertz CT molecular complexity index is 483. The van der Waals surface area contributed by atoms with Crippen molar-refractivity contribution < 1.29 is 18.5 Å². The Morgan fingerprint density at radius 3 is 1.66 bits per heavy atom. The van der Waals surface area contributed by atoms with Gasteiger partial charge in [0.2, 0.25) is 0 Å². The van der Waals surface area contributed by atoms with Crippen LogP contribution in [0.3, 0.4) is 0 Å². The van der Waals surface area contributed by atoms with Crippen LogP contribution >= 0.6 is 7.60 Å². The van der Waals surface area contributed by atoms with Gasteiger partial charge in [0.15, 0.2) is 5.78 Å². The molecule has 0 aromatic carbocycles. The highest BCUT2D eigenvalue weighted by Gasteiger charge is 2.41. The van der Waals surface area contributed by atoms with Crippen molar-refractivity contribution >= 4 is 7.60 Å². The second kappa shape index (κ2) is 17.3. The molecule has 2 unspecified atom stereocenters. The van der Waals surface area contributed by atoms with Crippen LogP contribution in [0.2, 0.25) is 0 Å². The summed E-state index contributed by atoms with van der Waals surface area (Å²) >= 11 is 0. The van der Waals surface area contributed by atoms with Gasteiger partial charge in [-0.15, -0.1) is 0 Å². The Kier molecular flexibility index (Phi) is 17.0. The second-order valence-electron chi connectivity index (χ2n) is 8.97. The predicted molar refractivity (Wildman–Crippen MR) is 127 cm³/mol. The lowest BCUT2D eigenvalue weighted by Crippen LogP contribution is -2.44. The van der Waals surface area contributed by atoms with Gasteiger partial charge in [-0.25, -0.2) is 0 Å². The van der Waals surface area contributed by atoms with E-state index in [9.17, 15) is 9.46 Å². The van der Waals surface area contributed by atoms with Crippen molar-refractivity contribution in [3.8, 4) is 0 Å². The minimum absolute atomic E-state index is 0.363. The van der Waals surface area contributed by atoms with E-state index in [2.05, 4.69) is 31.2 Å². The zero-order chi connectivity index (χ0) is 22.0. The normalized spacial score (nSPS) is 15.9. The van der Waals surface area contributed by atoms with E-state index in [0.29, 0.717) is 17.5 Å². The standard InChI is InChI=1S/C24H48NO3P/c1-6-8-9-10-11-12-13-14-15-16-17-18-19-20-21-22-23-28-29(26,27)24(7-2)25(3,4)5/h12-13,18-19,24H,6-11,14-17,20-23H2,1-5H3/p+1. The minimum atomic E-state index is -3.57. The molecule has 0 spiro atoms. The molecule has 0 rings (SSSR count). The summed E-state index contributed by atoms with van der Waals surface area (Å²) in [5, 5.41) is 0. The van der Waals surface area contributed by atoms with Crippen molar-refractivity contribution in [2.24, 2.45) is 0 Å². The molecular formula is C24H49NO3P+. The molecular weight excluding hydrogens is 381 g/mol. The van der Waals surface area contributed by atoms with Crippen LogP contribution < -0.4 is 0 Å². The van der Waals surface area contributed by atoms with Gasteiger partial charge >= 0.3 is 7.60 Å². The quantitative estimate of drug-likeness (QED) is 0.100. The molecule has 29 heavy (non-hydrogen) atoms. The monoisotopic (exact) mass is 430 g/mol. The lowest BCUT2D eigenvalue weighted by molar-refractivity contribution is -0.883. The number of hydrogen-bond acceptors (Lipinski definition) is 2. The topological polar surface area (TPSA) is 46.5 Å². The third kappa shape index (κ3) is 16.0. The molecule has 0 saturated heterocycles. The van der Waals surface area contributed by atoms with Crippen molar-refractivity contribution in [3.05, 3.63) is 24.3 Å². The highest BCUT2D eigenvalue weighted by atomic mass is 31.2. The van der Waals surface area contributed by atoms with Crippen molar-refractivity contribution in [1.29, 1.82) is 0 Å². The number of hydrogen-bond donors (Lipinski definition) is 1. The summed E-state index contributed by atoms with van der Waals surface area (Å²) in [5.74, 6) is -0.363. The number of quaternary nitrogens is 1. The van der Waals surface area contributed by atoms with Gasteiger partial charge < -0.3 is 13.9 Å². The summed E-state index contributed by atoms with van der Waals surface area (Å²) in [7, 11) is 2.26. The zero-order valence-corrected chi connectivity index (χ0v) is 20.8. The molecule has 0 aliphatic carbocycles. The van der Waals surface area contributed by atoms with Gasteiger partial charge in [-0.05, 0) is 57.8 Å². The van der Waals surface area contributed by atoms with Gasteiger partial charge in [0, 0.05) is 6.42 Å². The maximum absolute atomic E-state index is 12.5. The van der Waals surface area contributed by atoms with Gasteiger partial charge in [-0.1, -0.05) is 57.4 Å². The van der Waals surface area contributed by atoms with Crippen LogP contribution in [-0.4, -0.2) is 42.9 Å². The average molecular weight is 431 g/mol. The summed E-state index contributed by atoms with van der Waals surface area (Å²) < 4.78 is 18.3. The van der Waals surface area contributed by atoms with Crippen LogP contribution in [-0.2, 0) is 9.09 Å². The molecule has 1 N–H and O–H groups in total. The highest BCUT2D eigenvalue weighted by molar-refractivity contribution is 7.53. The molecule has 0 saturated carbocycles. The van der Waals surface area contributed by atoms with E-state index in [4.69, 9.17) is 4.52 Å². The van der Waals surface area contributed by atoms with Crippen LogP contribution in [0.25, 0.3) is 0 Å². The Labute approximate surface area is 181 Å². The first-order chi connectivity index (χ1) is 13.8. The Morgan fingerprint density at radius 1 is 0.793 bits per heavy atom. The first-order valence-corrected chi connectivity index (χ1v) is 13.5. The summed E-state index contributed by atoms with van der Waals surface area (Å²) in [5.41, 5.74) is 0. The summed E-state index contributed by atoms with van der Waals surface area (Å²) in [6.07, 6.45) is 24.2. The molecule has 172 valence electrons. The van der Waals surface area contributed by atoms with Crippen LogP contribution in [0.1, 0.15) is 97.3 Å². The number of nitrogens with zero attached hydrogens (tertiary/aromatic N) is 1. The SMILES string of the molecule is CCCCCCC=CCCCCC=CCCCCOP(=O)(O)C(CC)[N+](C)(C)C. The van der Waals surface area contributed by atoms with Crippen LogP contribution in [0.5, 0.6) is 0 Å². The molecule has 0 bridgehead atoms. The molecule has 2 atom stereocenters. The fourth-order valence-corrected chi connectivity index (χ4v) is 5.45. The molecule has 0 heterocycles. The molecule has 0 aliphatic heterocycles. The maximum atomic E-state index is 12.5. The van der Waals surface area contributed by atoms with Gasteiger partial charge in [0.05, 0.1) is 27.7 Å². The van der Waals surface area contributed by atoms with E-state index < -0.39 is 7.60 Å². The van der Waals surface area contributed by atoms with Gasteiger partial charge in [-0.3, -0.25) is 4.57 Å². The molecule has 5 heteroatoms. The van der Waals surface area contributed by atoms with E-state index in [1.807, 2.05) is 28.1 Å². The number of rotatable bonds is 19. The second-order valence-corrected chi connectivity index (χ2v) is 11.0. The van der Waals surface area contributed by atoms with Crippen molar-refractivity contribution in [2.45, 2.75) is 103 Å². The molecule has 4 nitrogen and oxygen atoms in total. The fraction of sp³-hybridized carbons (Fsp3) is 0.833. The minimum Gasteiger partial charge on any atom is -0.320 e. The van der Waals surface area contributed by atoms with Crippen LogP contribution in [0.4, 0.5) is 0 Å². The van der Waals surface area contributed by atoms with Crippen LogP contribution in [0, 0.1) is 0 Å². The Morgan fingerprint density at radius 2 is 1.24 bits per heavy atom. The van der Waals surface area contributed by atoms with Gasteiger partial charge in [0.25, 0.3) is 0 Å². The molecule has 0 aromatic heterocycles. The predicted octanol–water partition coefficient (Wildman–Crippen LogP) is 7.44. The largest absolute Gasteiger partial charge is 0.385 e. The van der Waals surface area contributed by atoms with E-state index in [1.165, 1.54) is 51.4 Å². The number of unbranched alkanes of at least 4 members (excludes halogenated alkanes) is 9. The lowest BCUT2D eigenvalue weighted by atomic mass is 10.1. The first-order valence-electron chi connectivity index (χ1n) is 11.8. The van der Waals surface area contributed by atoms with Crippen molar-refractivity contribution in [1.82, 2.24) is 0 Å². The van der Waals surface area contributed by atoms with E-state index >= 15 is 0 Å². The zero-order valence-electron chi connectivity index (χ0n) is 19.9. The smallest absolute Gasteiger partial charge is 0.320 e. The average Bonchev–Trinajstić information content (AvgIpc) is 2.63. The van der Waals surface area contributed by atoms with Crippen molar-refractivity contribution in [3.63, 3.8) is 0 Å². The summed E-state index contributed by atoms with van der Waals surface area (Å²) in [4.78, 5) is 10.2. The molecule has 0 aliphatic rings. The maximum Gasteiger partial charge on any atom is 0.385 e. The van der Waals surface area contributed by atoms with Crippen LogP contribution in [0.15, 0.2) is 24.3 Å². The lowest BCUT2D eigenvalue weighted by Gasteiger charge is -2.35. The highest BCUT2D eigenvalue weighted by Crippen LogP contribution is 2.51. The Hall–Kier alpha value is -0.410. The molecule has 0 fully saturated rings. The van der Waals surface area contributed by atoms with E-state index in [0.717, 1.165) is 25.7 Å². The molecule has 0 amide bonds. The number of allylic oxidation sites excluding steroid dienone is 4. The Balaban J connectivity index is 3.64. The fourth-order valence-electron chi connectivity index (χ4n) is 3.55. The summed E-state index contributed by atoms with van der Waals surface area (Å²) in [6, 6.07) is 0. The molecule has 0 aromatic rings. The third-order valence-corrected chi connectivity index (χ3v) is 7.59. The van der Waals surface area contributed by atoms with E-state index in [1.54, 1.807) is 0 Å². The van der Waals surface area contributed by atoms with E-state index in [-0.39, 0.29) is 5.78 Å². The van der Waals surface area contributed by atoms with Gasteiger partial charge in [-0.2, -0.15) is 0 Å². The summed E-state index contributed by atoms with van der Waals surface area (Å²) in [6.45, 7) is 4.56. The molecule has 0 radical (unpaired) electrons. The van der Waals surface area contributed by atoms with Crippen molar-refractivity contribution in [2.75, 3.05) is 27.7 Å². The van der Waals surface area contributed by atoms with Gasteiger partial charge in [0.1, 0.15) is 0 Å². The third-order valence-electron chi connectivity index (χ3n) is 5.23.